The number of fused-ring (bicyclic) bond motifs is 1. The number of benzodiazepines with no additional fused rings is 1. The zero-order valence-corrected chi connectivity index (χ0v) is 20.4. The lowest BCUT2D eigenvalue weighted by atomic mass is 9.69. The van der Waals surface area contributed by atoms with E-state index in [0.717, 1.165) is 11.1 Å². The van der Waals surface area contributed by atoms with Gasteiger partial charge in [0.05, 0.1) is 22.7 Å². The maximum absolute atomic E-state index is 13.7. The van der Waals surface area contributed by atoms with Gasteiger partial charge in [-0.1, -0.05) is 74.5 Å². The van der Waals surface area contributed by atoms with E-state index in [9.17, 15) is 14.4 Å². The van der Waals surface area contributed by atoms with Crippen molar-refractivity contribution in [1.29, 1.82) is 0 Å². The van der Waals surface area contributed by atoms with Crippen LogP contribution in [0, 0.1) is 17.3 Å². The highest BCUT2D eigenvalue weighted by atomic mass is 16.2. The standard InChI is InChI=1S/C28H32N4O3/c1-18(2)17-21(28(27(29)35)15-9-10-16-28)25(33)31-24-26(34)32(3)22-14-8-7-13-20(22)23(30-24)19-11-5-4-6-12-19/h4-14,18,21,24H,15-17H2,1-3H3,(H2,29,35)(H,31,33)/t21-,24-/m0/s1. The van der Waals surface area contributed by atoms with Gasteiger partial charge in [0.15, 0.2) is 0 Å². The summed E-state index contributed by atoms with van der Waals surface area (Å²) in [5.41, 5.74) is 7.83. The summed E-state index contributed by atoms with van der Waals surface area (Å²) in [5.74, 6) is -1.74. The van der Waals surface area contributed by atoms with E-state index in [4.69, 9.17) is 10.7 Å². The van der Waals surface area contributed by atoms with Crippen LogP contribution in [0.4, 0.5) is 5.69 Å². The summed E-state index contributed by atoms with van der Waals surface area (Å²) in [6.45, 7) is 4.01. The molecular weight excluding hydrogens is 440 g/mol. The van der Waals surface area contributed by atoms with Crippen molar-refractivity contribution in [3.8, 4) is 0 Å². The Balaban J connectivity index is 1.74. The van der Waals surface area contributed by atoms with E-state index in [1.54, 1.807) is 7.05 Å². The maximum atomic E-state index is 13.7. The van der Waals surface area contributed by atoms with Gasteiger partial charge < -0.3 is 16.0 Å². The fourth-order valence-electron chi connectivity index (χ4n) is 5.06. The smallest absolute Gasteiger partial charge is 0.272 e. The van der Waals surface area contributed by atoms with Gasteiger partial charge in [-0.3, -0.25) is 14.4 Å². The number of hydrogen-bond acceptors (Lipinski definition) is 4. The Morgan fingerprint density at radius 1 is 1.09 bits per heavy atom. The summed E-state index contributed by atoms with van der Waals surface area (Å²) < 4.78 is 0. The summed E-state index contributed by atoms with van der Waals surface area (Å²) >= 11 is 0. The van der Waals surface area contributed by atoms with Crippen LogP contribution >= 0.6 is 0 Å². The fourth-order valence-corrected chi connectivity index (χ4v) is 5.06. The number of hydrogen-bond donors (Lipinski definition) is 2. The minimum atomic E-state index is -1.14. The normalized spacial score (nSPS) is 19.7. The number of allylic oxidation sites excluding steroid dienone is 2. The third-order valence-electron chi connectivity index (χ3n) is 6.98. The number of para-hydroxylation sites is 1. The average molecular weight is 473 g/mol. The lowest BCUT2D eigenvalue weighted by Crippen LogP contribution is -2.53. The van der Waals surface area contributed by atoms with Gasteiger partial charge in [-0.05, 0) is 31.2 Å². The van der Waals surface area contributed by atoms with Crippen LogP contribution in [0.2, 0.25) is 0 Å². The number of aliphatic imine (C=N–C) groups is 1. The Hall–Kier alpha value is -3.74. The van der Waals surface area contributed by atoms with Gasteiger partial charge >= 0.3 is 0 Å². The number of anilines is 1. The van der Waals surface area contributed by atoms with Crippen LogP contribution in [0.3, 0.4) is 0 Å². The quantitative estimate of drug-likeness (QED) is 0.603. The summed E-state index contributed by atoms with van der Waals surface area (Å²) in [6, 6.07) is 17.1. The molecule has 3 N–H and O–H groups in total. The number of primary amides is 1. The lowest BCUT2D eigenvalue weighted by Gasteiger charge is -2.35. The monoisotopic (exact) mass is 472 g/mol. The molecule has 0 saturated heterocycles. The number of amides is 3. The molecule has 1 aliphatic carbocycles. The molecule has 1 aliphatic heterocycles. The highest BCUT2D eigenvalue weighted by Gasteiger charge is 2.49. The number of nitrogens with zero attached hydrogens (tertiary/aromatic N) is 2. The molecule has 182 valence electrons. The molecule has 2 atom stereocenters. The molecule has 0 saturated carbocycles. The number of carbonyl (C=O) groups excluding carboxylic acids is 3. The highest BCUT2D eigenvalue weighted by molar-refractivity contribution is 6.20. The summed E-state index contributed by atoms with van der Waals surface area (Å²) in [6.07, 6.45) is 3.97. The van der Waals surface area contributed by atoms with E-state index in [0.29, 0.717) is 30.7 Å². The predicted molar refractivity (Wildman–Crippen MR) is 137 cm³/mol. The van der Waals surface area contributed by atoms with Crippen molar-refractivity contribution >= 4 is 29.1 Å². The lowest BCUT2D eigenvalue weighted by molar-refractivity contribution is -0.141. The van der Waals surface area contributed by atoms with Crippen LogP contribution < -0.4 is 16.0 Å². The second kappa shape index (κ2) is 9.86. The molecule has 0 spiro atoms. The molecule has 2 aromatic rings. The minimum absolute atomic E-state index is 0.155. The molecule has 0 fully saturated rings. The highest BCUT2D eigenvalue weighted by Crippen LogP contribution is 2.43. The van der Waals surface area contributed by atoms with E-state index in [2.05, 4.69) is 5.32 Å². The molecular formula is C28H32N4O3. The van der Waals surface area contributed by atoms with Crippen molar-refractivity contribution in [1.82, 2.24) is 5.32 Å². The predicted octanol–water partition coefficient (Wildman–Crippen LogP) is 3.43. The second-order valence-electron chi connectivity index (χ2n) is 9.75. The molecule has 35 heavy (non-hydrogen) atoms. The van der Waals surface area contributed by atoms with Gasteiger partial charge in [0.1, 0.15) is 0 Å². The SMILES string of the molecule is CC(C)C[C@@H](C(=O)N[C@@H]1N=C(c2ccccc2)c2ccccc2N(C)C1=O)C1(C(N)=O)CC=CC1. The van der Waals surface area contributed by atoms with Crippen LogP contribution in [-0.2, 0) is 14.4 Å². The van der Waals surface area contributed by atoms with Crippen LogP contribution in [0.25, 0.3) is 0 Å². The van der Waals surface area contributed by atoms with Crippen LogP contribution in [0.1, 0.15) is 44.2 Å². The first kappa shape index (κ1) is 24.4. The number of nitrogens with one attached hydrogen (secondary N) is 1. The molecule has 3 amide bonds. The van der Waals surface area contributed by atoms with Crippen molar-refractivity contribution in [2.75, 3.05) is 11.9 Å². The maximum Gasteiger partial charge on any atom is 0.272 e. The zero-order chi connectivity index (χ0) is 25.2. The van der Waals surface area contributed by atoms with Gasteiger partial charge in [-0.15, -0.1) is 0 Å². The number of rotatable bonds is 7. The number of carbonyl (C=O) groups is 3. The second-order valence-corrected chi connectivity index (χ2v) is 9.75. The Morgan fingerprint density at radius 3 is 2.34 bits per heavy atom. The van der Waals surface area contributed by atoms with E-state index in [1.165, 1.54) is 4.90 Å². The summed E-state index contributed by atoms with van der Waals surface area (Å²) in [7, 11) is 1.68. The molecule has 0 bridgehead atoms. The van der Waals surface area contributed by atoms with Gasteiger partial charge in [-0.25, -0.2) is 4.99 Å². The van der Waals surface area contributed by atoms with E-state index in [-0.39, 0.29) is 17.7 Å². The average Bonchev–Trinajstić information content (AvgIpc) is 3.32. The number of nitrogens with two attached hydrogens (primary N) is 1. The van der Waals surface area contributed by atoms with E-state index < -0.39 is 23.4 Å². The Kier molecular flexibility index (Phi) is 6.87. The molecule has 7 heteroatoms. The zero-order valence-electron chi connectivity index (χ0n) is 20.4. The van der Waals surface area contributed by atoms with Crippen molar-refractivity contribution in [2.24, 2.45) is 28.0 Å². The Morgan fingerprint density at radius 2 is 1.71 bits per heavy atom. The van der Waals surface area contributed by atoms with Gasteiger partial charge in [0.25, 0.3) is 5.91 Å². The van der Waals surface area contributed by atoms with Crippen LogP contribution in [0.5, 0.6) is 0 Å². The van der Waals surface area contributed by atoms with Crippen LogP contribution in [0.15, 0.2) is 71.7 Å². The molecule has 0 aromatic heterocycles. The van der Waals surface area contributed by atoms with Crippen molar-refractivity contribution in [3.05, 3.63) is 77.9 Å². The van der Waals surface area contributed by atoms with Crippen LogP contribution in [-0.4, -0.2) is 36.6 Å². The number of likely N-dealkylation sites (N-methyl/N-ethyl adjacent to an activating group) is 1. The van der Waals surface area contributed by atoms with Crippen molar-refractivity contribution in [3.63, 3.8) is 0 Å². The number of benzene rings is 2. The third kappa shape index (κ3) is 4.63. The van der Waals surface area contributed by atoms with Gasteiger partial charge in [0, 0.05) is 18.2 Å². The van der Waals surface area contributed by atoms with Crippen molar-refractivity contribution in [2.45, 2.75) is 39.3 Å². The molecule has 1 heterocycles. The molecule has 4 rings (SSSR count). The van der Waals surface area contributed by atoms with E-state index in [1.807, 2.05) is 80.6 Å². The Labute approximate surface area is 206 Å². The van der Waals surface area contributed by atoms with Gasteiger partial charge in [-0.2, -0.15) is 0 Å². The van der Waals surface area contributed by atoms with Gasteiger partial charge in [0.2, 0.25) is 18.0 Å². The summed E-state index contributed by atoms with van der Waals surface area (Å²) in [5, 5.41) is 2.88. The van der Waals surface area contributed by atoms with E-state index >= 15 is 0 Å². The third-order valence-corrected chi connectivity index (χ3v) is 6.98. The molecule has 0 unspecified atom stereocenters. The topological polar surface area (TPSA) is 105 Å². The fraction of sp³-hybridized carbons (Fsp3) is 0.357. The molecule has 0 radical (unpaired) electrons. The Bertz CT molecular complexity index is 1180. The molecule has 7 nitrogen and oxygen atoms in total. The first-order chi connectivity index (χ1) is 16.7. The molecule has 2 aromatic carbocycles. The first-order valence-electron chi connectivity index (χ1n) is 12.0. The first-order valence-corrected chi connectivity index (χ1v) is 12.0. The molecule has 2 aliphatic rings. The minimum Gasteiger partial charge on any atom is -0.369 e. The van der Waals surface area contributed by atoms with Crippen molar-refractivity contribution < 1.29 is 14.4 Å². The largest absolute Gasteiger partial charge is 0.369 e. The summed E-state index contributed by atoms with van der Waals surface area (Å²) in [4.78, 5) is 46.1.